The molecule has 0 radical (unpaired) electrons. The van der Waals surface area contributed by atoms with Gasteiger partial charge in [0, 0.05) is 10.7 Å². The lowest BCUT2D eigenvalue weighted by atomic mass is 10.0. The van der Waals surface area contributed by atoms with Gasteiger partial charge in [-0.3, -0.25) is 5.32 Å². The molecule has 0 aromatic heterocycles. The van der Waals surface area contributed by atoms with Crippen LogP contribution in [0.15, 0.2) is 90.4 Å². The monoisotopic (exact) mass is 433 g/mol. The van der Waals surface area contributed by atoms with E-state index in [1.165, 1.54) is 6.08 Å². The molecule has 3 rings (SSSR count). The van der Waals surface area contributed by atoms with E-state index in [2.05, 4.69) is 22.2 Å². The molecule has 0 aliphatic carbocycles. The summed E-state index contributed by atoms with van der Waals surface area (Å²) < 4.78 is 5.01. The van der Waals surface area contributed by atoms with Crippen molar-refractivity contribution in [2.75, 3.05) is 11.9 Å². The molecule has 2 N–H and O–H groups in total. The van der Waals surface area contributed by atoms with Crippen LogP contribution in [0.25, 0.3) is 11.1 Å². The maximum Gasteiger partial charge on any atom is 0.414 e. The number of nitrogens with one attached hydrogen (secondary N) is 2. The molecule has 31 heavy (non-hydrogen) atoms. The number of carbonyl (C=O) groups excluding carboxylic acids is 1. The zero-order chi connectivity index (χ0) is 22.1. The van der Waals surface area contributed by atoms with Crippen LogP contribution in [0, 0.1) is 6.92 Å². The number of aryl methyl sites for hydroxylation is 1. The SMILES string of the molecule is C=CCOC(=O)N/C(=N\Cc1ccc(-c2ccc(Cl)cc2)cc1)Nc1ccc(C)cc1. The van der Waals surface area contributed by atoms with E-state index in [1.807, 2.05) is 79.7 Å². The van der Waals surface area contributed by atoms with Gasteiger partial charge in [-0.2, -0.15) is 0 Å². The second-order valence-electron chi connectivity index (χ2n) is 6.87. The molecule has 0 aliphatic rings. The first-order chi connectivity index (χ1) is 15.0. The van der Waals surface area contributed by atoms with Crippen molar-refractivity contribution in [1.82, 2.24) is 5.32 Å². The topological polar surface area (TPSA) is 62.7 Å². The van der Waals surface area contributed by atoms with E-state index < -0.39 is 6.09 Å². The number of hydrogen-bond acceptors (Lipinski definition) is 3. The average molecular weight is 434 g/mol. The van der Waals surface area contributed by atoms with Crippen LogP contribution in [0.5, 0.6) is 0 Å². The highest BCUT2D eigenvalue weighted by atomic mass is 35.5. The Morgan fingerprint density at radius 3 is 2.23 bits per heavy atom. The van der Waals surface area contributed by atoms with Crippen molar-refractivity contribution in [3.63, 3.8) is 0 Å². The van der Waals surface area contributed by atoms with E-state index in [1.54, 1.807) is 0 Å². The average Bonchev–Trinajstić information content (AvgIpc) is 2.78. The summed E-state index contributed by atoms with van der Waals surface area (Å²) in [5.41, 5.74) is 5.14. The Bertz CT molecular complexity index is 1040. The summed E-state index contributed by atoms with van der Waals surface area (Å²) in [4.78, 5) is 16.5. The number of nitrogens with zero attached hydrogens (tertiary/aromatic N) is 1. The van der Waals surface area contributed by atoms with Crippen molar-refractivity contribution < 1.29 is 9.53 Å². The number of hydrogen-bond donors (Lipinski definition) is 2. The summed E-state index contributed by atoms with van der Waals surface area (Å²) in [6.45, 7) is 6.06. The lowest BCUT2D eigenvalue weighted by Crippen LogP contribution is -2.36. The smallest absolute Gasteiger partial charge is 0.414 e. The summed E-state index contributed by atoms with van der Waals surface area (Å²) in [6.07, 6.45) is 0.905. The van der Waals surface area contributed by atoms with Crippen molar-refractivity contribution in [1.29, 1.82) is 0 Å². The van der Waals surface area contributed by atoms with Gasteiger partial charge >= 0.3 is 6.09 Å². The highest BCUT2D eigenvalue weighted by Gasteiger charge is 2.07. The van der Waals surface area contributed by atoms with E-state index in [-0.39, 0.29) is 6.61 Å². The van der Waals surface area contributed by atoms with Gasteiger partial charge in [0.05, 0.1) is 6.54 Å². The number of guanidine groups is 1. The Hall–Kier alpha value is -3.57. The highest BCUT2D eigenvalue weighted by molar-refractivity contribution is 6.30. The highest BCUT2D eigenvalue weighted by Crippen LogP contribution is 2.22. The van der Waals surface area contributed by atoms with Crippen molar-refractivity contribution in [2.45, 2.75) is 13.5 Å². The lowest BCUT2D eigenvalue weighted by molar-refractivity contribution is 0.164. The largest absolute Gasteiger partial charge is 0.445 e. The van der Waals surface area contributed by atoms with Gasteiger partial charge in [0.25, 0.3) is 0 Å². The van der Waals surface area contributed by atoms with Gasteiger partial charge in [0.15, 0.2) is 0 Å². The maximum atomic E-state index is 12.0. The van der Waals surface area contributed by atoms with Crippen LogP contribution < -0.4 is 10.6 Å². The summed E-state index contributed by atoms with van der Waals surface area (Å²) in [5, 5.41) is 6.48. The summed E-state index contributed by atoms with van der Waals surface area (Å²) in [5.74, 6) is 0.305. The molecule has 0 saturated heterocycles. The summed E-state index contributed by atoms with van der Waals surface area (Å²) >= 11 is 5.96. The second kappa shape index (κ2) is 11.0. The molecule has 0 atom stereocenters. The van der Waals surface area contributed by atoms with Crippen LogP contribution in [0.2, 0.25) is 5.02 Å². The Labute approximate surface area is 187 Å². The molecule has 1 amide bonds. The van der Waals surface area contributed by atoms with Crippen LogP contribution in [-0.2, 0) is 11.3 Å². The van der Waals surface area contributed by atoms with Crippen LogP contribution in [0.3, 0.4) is 0 Å². The van der Waals surface area contributed by atoms with Gasteiger partial charge in [-0.05, 0) is 47.9 Å². The Kier molecular flexibility index (Phi) is 7.85. The van der Waals surface area contributed by atoms with Gasteiger partial charge in [0.1, 0.15) is 6.61 Å². The molecule has 0 fully saturated rings. The third kappa shape index (κ3) is 7.01. The first kappa shape index (κ1) is 22.1. The number of benzene rings is 3. The van der Waals surface area contributed by atoms with Crippen LogP contribution >= 0.6 is 11.6 Å². The molecule has 158 valence electrons. The van der Waals surface area contributed by atoms with Crippen LogP contribution in [-0.4, -0.2) is 18.7 Å². The summed E-state index contributed by atoms with van der Waals surface area (Å²) in [7, 11) is 0. The number of carbonyl (C=O) groups is 1. The van der Waals surface area contributed by atoms with Crippen molar-refractivity contribution in [3.05, 3.63) is 102 Å². The molecule has 0 unspecified atom stereocenters. The van der Waals surface area contributed by atoms with Gasteiger partial charge in [-0.1, -0.05) is 78.4 Å². The zero-order valence-electron chi connectivity index (χ0n) is 17.3. The van der Waals surface area contributed by atoms with Gasteiger partial charge in [-0.15, -0.1) is 0 Å². The van der Waals surface area contributed by atoms with Crippen LogP contribution in [0.4, 0.5) is 10.5 Å². The predicted molar refractivity (Wildman–Crippen MR) is 128 cm³/mol. The number of halogens is 1. The fourth-order valence-corrected chi connectivity index (χ4v) is 2.89. The van der Waals surface area contributed by atoms with E-state index in [9.17, 15) is 4.79 Å². The van der Waals surface area contributed by atoms with Gasteiger partial charge in [-0.25, -0.2) is 9.79 Å². The molecule has 3 aromatic carbocycles. The second-order valence-corrected chi connectivity index (χ2v) is 7.31. The molecule has 0 bridgehead atoms. The molecule has 0 aliphatic heterocycles. The van der Waals surface area contributed by atoms with Crippen molar-refractivity contribution in [2.24, 2.45) is 4.99 Å². The standard InChI is InChI=1S/C25H24ClN3O2/c1-3-16-31-25(30)29-24(28-23-14-4-18(2)5-15-23)27-17-19-6-8-20(9-7-19)21-10-12-22(26)13-11-21/h3-15H,1,16-17H2,2H3,(H2,27,28,29,30). The summed E-state index contributed by atoms with van der Waals surface area (Å²) in [6, 6.07) is 23.6. The first-order valence-corrected chi connectivity index (χ1v) is 10.2. The fourth-order valence-electron chi connectivity index (χ4n) is 2.77. The number of anilines is 1. The molecule has 3 aromatic rings. The number of aliphatic imine (C=N–C) groups is 1. The zero-order valence-corrected chi connectivity index (χ0v) is 18.0. The molecular weight excluding hydrogens is 410 g/mol. The van der Waals surface area contributed by atoms with Crippen molar-refractivity contribution in [3.8, 4) is 11.1 Å². The molecule has 5 nitrogen and oxygen atoms in total. The van der Waals surface area contributed by atoms with Gasteiger partial charge < -0.3 is 10.1 Å². The van der Waals surface area contributed by atoms with E-state index >= 15 is 0 Å². The normalized spacial score (nSPS) is 11.0. The van der Waals surface area contributed by atoms with E-state index in [0.717, 1.165) is 27.9 Å². The van der Waals surface area contributed by atoms with Crippen LogP contribution in [0.1, 0.15) is 11.1 Å². The number of alkyl carbamates (subject to hydrolysis) is 1. The molecule has 6 heteroatoms. The number of rotatable bonds is 6. The van der Waals surface area contributed by atoms with E-state index in [4.69, 9.17) is 16.3 Å². The predicted octanol–water partition coefficient (Wildman–Crippen LogP) is 6.20. The maximum absolute atomic E-state index is 12.0. The minimum absolute atomic E-state index is 0.121. The minimum Gasteiger partial charge on any atom is -0.445 e. The van der Waals surface area contributed by atoms with Crippen molar-refractivity contribution >= 4 is 29.3 Å². The number of amides is 1. The Morgan fingerprint density at radius 2 is 1.61 bits per heavy atom. The van der Waals surface area contributed by atoms with E-state index in [0.29, 0.717) is 17.5 Å². The molecule has 0 heterocycles. The quantitative estimate of drug-likeness (QED) is 0.276. The molecule has 0 spiro atoms. The number of ether oxygens (including phenoxy) is 1. The Balaban J connectivity index is 1.72. The third-order valence-electron chi connectivity index (χ3n) is 4.42. The van der Waals surface area contributed by atoms with Gasteiger partial charge in [0.2, 0.25) is 5.96 Å². The first-order valence-electron chi connectivity index (χ1n) is 9.81. The minimum atomic E-state index is -0.601. The molecular formula is C25H24ClN3O2. The lowest BCUT2D eigenvalue weighted by Gasteiger charge is -2.12. The third-order valence-corrected chi connectivity index (χ3v) is 4.67. The fraction of sp³-hybridized carbons (Fsp3) is 0.120. The molecule has 0 saturated carbocycles. The Morgan fingerprint density at radius 1 is 1.00 bits per heavy atom.